The van der Waals surface area contributed by atoms with Gasteiger partial charge in [0.15, 0.2) is 0 Å². The van der Waals surface area contributed by atoms with Gasteiger partial charge in [0.1, 0.15) is 0 Å². The minimum atomic E-state index is -0.0599. The Bertz CT molecular complexity index is 202. The number of nitrogens with one attached hydrogen (secondary N) is 1. The normalized spacial score (nSPS) is 16.1. The Hall–Kier alpha value is -0.610. The third-order valence-corrected chi connectivity index (χ3v) is 2.67. The standard InChI is InChI=1S/C11H23N3O/c1-9(2)8-14(10-5-6-10)7-3-4-11(15)13-12/h9-10H,3-8,12H2,1-2H3,(H,13,15). The summed E-state index contributed by atoms with van der Waals surface area (Å²) in [5.41, 5.74) is 2.17. The van der Waals surface area contributed by atoms with E-state index in [1.165, 1.54) is 12.8 Å². The summed E-state index contributed by atoms with van der Waals surface area (Å²) in [7, 11) is 0. The molecule has 1 amide bonds. The first-order chi connectivity index (χ1) is 7.13. The van der Waals surface area contributed by atoms with Gasteiger partial charge in [-0.05, 0) is 31.7 Å². The predicted octanol–water partition coefficient (Wildman–Crippen LogP) is 0.877. The van der Waals surface area contributed by atoms with Crippen LogP contribution in [0.1, 0.15) is 39.5 Å². The summed E-state index contributed by atoms with van der Waals surface area (Å²) in [5, 5.41) is 0. The molecular formula is C11H23N3O. The van der Waals surface area contributed by atoms with Crippen molar-refractivity contribution in [1.82, 2.24) is 10.3 Å². The van der Waals surface area contributed by atoms with Gasteiger partial charge in [-0.3, -0.25) is 10.2 Å². The van der Waals surface area contributed by atoms with Crippen LogP contribution in [0, 0.1) is 5.92 Å². The molecular weight excluding hydrogens is 190 g/mol. The Morgan fingerprint density at radius 2 is 2.20 bits per heavy atom. The van der Waals surface area contributed by atoms with E-state index in [1.54, 1.807) is 0 Å². The van der Waals surface area contributed by atoms with Crippen LogP contribution in [0.5, 0.6) is 0 Å². The number of nitrogens with two attached hydrogens (primary N) is 1. The molecule has 1 aliphatic carbocycles. The molecule has 4 nitrogen and oxygen atoms in total. The lowest BCUT2D eigenvalue weighted by atomic mass is 10.2. The van der Waals surface area contributed by atoms with Gasteiger partial charge < -0.3 is 4.90 Å². The Morgan fingerprint density at radius 3 is 2.67 bits per heavy atom. The van der Waals surface area contributed by atoms with Crippen molar-refractivity contribution in [2.75, 3.05) is 13.1 Å². The van der Waals surface area contributed by atoms with Gasteiger partial charge in [-0.25, -0.2) is 5.84 Å². The maximum absolute atomic E-state index is 10.9. The average molecular weight is 213 g/mol. The number of carbonyl (C=O) groups is 1. The Labute approximate surface area is 92.2 Å². The van der Waals surface area contributed by atoms with Crippen molar-refractivity contribution in [2.24, 2.45) is 11.8 Å². The van der Waals surface area contributed by atoms with Crippen molar-refractivity contribution in [1.29, 1.82) is 0 Å². The molecule has 3 N–H and O–H groups in total. The Kier molecular flexibility index (Phi) is 5.05. The van der Waals surface area contributed by atoms with Crippen molar-refractivity contribution >= 4 is 5.91 Å². The predicted molar refractivity (Wildman–Crippen MR) is 61.0 cm³/mol. The second-order valence-electron chi connectivity index (χ2n) is 4.79. The molecule has 0 spiro atoms. The molecule has 15 heavy (non-hydrogen) atoms. The first-order valence-electron chi connectivity index (χ1n) is 5.87. The molecule has 88 valence electrons. The van der Waals surface area contributed by atoms with E-state index in [1.807, 2.05) is 0 Å². The molecule has 0 atom stereocenters. The molecule has 0 bridgehead atoms. The highest BCUT2D eigenvalue weighted by Crippen LogP contribution is 2.27. The maximum Gasteiger partial charge on any atom is 0.233 e. The summed E-state index contributed by atoms with van der Waals surface area (Å²) in [6.07, 6.45) is 4.11. The van der Waals surface area contributed by atoms with E-state index in [9.17, 15) is 4.79 Å². The number of rotatable bonds is 7. The Balaban J connectivity index is 2.17. The molecule has 0 unspecified atom stereocenters. The van der Waals surface area contributed by atoms with E-state index in [4.69, 9.17) is 5.84 Å². The molecule has 1 saturated carbocycles. The van der Waals surface area contributed by atoms with Crippen LogP contribution >= 0.6 is 0 Å². The van der Waals surface area contributed by atoms with Gasteiger partial charge >= 0.3 is 0 Å². The van der Waals surface area contributed by atoms with Crippen molar-refractivity contribution < 1.29 is 4.79 Å². The number of hydrogen-bond acceptors (Lipinski definition) is 3. The first-order valence-corrected chi connectivity index (χ1v) is 5.87. The minimum absolute atomic E-state index is 0.0599. The number of carbonyl (C=O) groups excluding carboxylic acids is 1. The zero-order valence-corrected chi connectivity index (χ0v) is 9.83. The lowest BCUT2D eigenvalue weighted by molar-refractivity contribution is -0.121. The SMILES string of the molecule is CC(C)CN(CCCC(=O)NN)C1CC1. The lowest BCUT2D eigenvalue weighted by Gasteiger charge is -2.23. The number of hydrogen-bond donors (Lipinski definition) is 2. The quantitative estimate of drug-likeness (QED) is 0.375. The molecule has 0 aliphatic heterocycles. The van der Waals surface area contributed by atoms with Gasteiger partial charge in [-0.1, -0.05) is 13.8 Å². The summed E-state index contributed by atoms with van der Waals surface area (Å²) < 4.78 is 0. The summed E-state index contributed by atoms with van der Waals surface area (Å²) in [4.78, 5) is 13.5. The van der Waals surface area contributed by atoms with Gasteiger partial charge in [0, 0.05) is 19.0 Å². The lowest BCUT2D eigenvalue weighted by Crippen LogP contribution is -2.33. The van der Waals surface area contributed by atoms with Gasteiger partial charge in [0.2, 0.25) is 5.91 Å². The van der Waals surface area contributed by atoms with Crippen molar-refractivity contribution in [3.8, 4) is 0 Å². The molecule has 0 radical (unpaired) electrons. The Morgan fingerprint density at radius 1 is 1.53 bits per heavy atom. The maximum atomic E-state index is 10.9. The third-order valence-electron chi connectivity index (χ3n) is 2.67. The zero-order chi connectivity index (χ0) is 11.3. The van der Waals surface area contributed by atoms with E-state index in [0.29, 0.717) is 12.3 Å². The highest BCUT2D eigenvalue weighted by Gasteiger charge is 2.28. The average Bonchev–Trinajstić information content (AvgIpc) is 2.98. The number of amides is 1. The van der Waals surface area contributed by atoms with Crippen LogP contribution in [0.2, 0.25) is 0 Å². The first kappa shape index (κ1) is 12.5. The smallest absolute Gasteiger partial charge is 0.233 e. The second-order valence-corrected chi connectivity index (χ2v) is 4.79. The minimum Gasteiger partial charge on any atom is -0.300 e. The summed E-state index contributed by atoms with van der Waals surface area (Å²) >= 11 is 0. The molecule has 1 aliphatic rings. The van der Waals surface area contributed by atoms with E-state index in [0.717, 1.165) is 25.6 Å². The van der Waals surface area contributed by atoms with Crippen molar-refractivity contribution in [2.45, 2.75) is 45.6 Å². The topological polar surface area (TPSA) is 58.4 Å². The van der Waals surface area contributed by atoms with Crippen molar-refractivity contribution in [3.05, 3.63) is 0 Å². The molecule has 0 saturated heterocycles. The van der Waals surface area contributed by atoms with Crippen molar-refractivity contribution in [3.63, 3.8) is 0 Å². The largest absolute Gasteiger partial charge is 0.300 e. The monoisotopic (exact) mass is 213 g/mol. The van der Waals surface area contributed by atoms with E-state index < -0.39 is 0 Å². The highest BCUT2D eigenvalue weighted by atomic mass is 16.2. The van der Waals surface area contributed by atoms with E-state index in [-0.39, 0.29) is 5.91 Å². The van der Waals surface area contributed by atoms with E-state index >= 15 is 0 Å². The molecule has 0 heterocycles. The van der Waals surface area contributed by atoms with Gasteiger partial charge in [-0.15, -0.1) is 0 Å². The molecule has 0 aromatic carbocycles. The fourth-order valence-electron chi connectivity index (χ4n) is 1.85. The molecule has 1 fully saturated rings. The van der Waals surface area contributed by atoms with Crippen LogP contribution in [-0.2, 0) is 4.79 Å². The van der Waals surface area contributed by atoms with Crippen LogP contribution in [0.3, 0.4) is 0 Å². The fourth-order valence-corrected chi connectivity index (χ4v) is 1.85. The van der Waals surface area contributed by atoms with Crippen LogP contribution < -0.4 is 11.3 Å². The summed E-state index contributed by atoms with van der Waals surface area (Å²) in [6, 6.07) is 0.785. The van der Waals surface area contributed by atoms with Crippen LogP contribution in [-0.4, -0.2) is 29.9 Å². The van der Waals surface area contributed by atoms with Crippen LogP contribution in [0.4, 0.5) is 0 Å². The molecule has 4 heteroatoms. The number of hydrazine groups is 1. The molecule has 0 aromatic rings. The zero-order valence-electron chi connectivity index (χ0n) is 9.83. The highest BCUT2D eigenvalue weighted by molar-refractivity contribution is 5.75. The second kappa shape index (κ2) is 6.08. The fraction of sp³-hybridized carbons (Fsp3) is 0.909. The summed E-state index contributed by atoms with van der Waals surface area (Å²) in [5.74, 6) is 5.67. The van der Waals surface area contributed by atoms with Gasteiger partial charge in [-0.2, -0.15) is 0 Å². The summed E-state index contributed by atoms with van der Waals surface area (Å²) in [6.45, 7) is 6.65. The van der Waals surface area contributed by atoms with E-state index in [2.05, 4.69) is 24.2 Å². The molecule has 1 rings (SSSR count). The molecule has 0 aromatic heterocycles. The third kappa shape index (κ3) is 5.14. The number of nitrogens with zero attached hydrogens (tertiary/aromatic N) is 1. The van der Waals surface area contributed by atoms with Gasteiger partial charge in [0.05, 0.1) is 0 Å². The van der Waals surface area contributed by atoms with Crippen LogP contribution in [0.15, 0.2) is 0 Å². The van der Waals surface area contributed by atoms with Gasteiger partial charge in [0.25, 0.3) is 0 Å². The van der Waals surface area contributed by atoms with Crippen LogP contribution in [0.25, 0.3) is 0 Å².